The summed E-state index contributed by atoms with van der Waals surface area (Å²) in [5.41, 5.74) is 0.312. The third-order valence-electron chi connectivity index (χ3n) is 2.82. The van der Waals surface area contributed by atoms with E-state index in [1.807, 2.05) is 0 Å². The first-order valence-electron chi connectivity index (χ1n) is 6.73. The first-order valence-corrected chi connectivity index (χ1v) is 8.32. The van der Waals surface area contributed by atoms with Gasteiger partial charge in [-0.3, -0.25) is 10.1 Å². The number of halogens is 2. The molecule has 2 heterocycles. The van der Waals surface area contributed by atoms with Gasteiger partial charge in [-0.05, 0) is 26.0 Å². The minimum atomic E-state index is -0.714. The van der Waals surface area contributed by atoms with E-state index in [1.54, 1.807) is 13.8 Å². The molecule has 0 atom stereocenters. The highest BCUT2D eigenvalue weighted by Crippen LogP contribution is 2.29. The van der Waals surface area contributed by atoms with Crippen LogP contribution in [0.5, 0.6) is 0 Å². The summed E-state index contributed by atoms with van der Waals surface area (Å²) in [5.74, 6) is -1.35. The van der Waals surface area contributed by atoms with Gasteiger partial charge in [0.25, 0.3) is 5.91 Å². The molecule has 0 aliphatic carbocycles. The number of anilines is 3. The number of nitrogens with zero attached hydrogens (tertiary/aromatic N) is 3. The van der Waals surface area contributed by atoms with Gasteiger partial charge in [-0.1, -0.05) is 0 Å². The minimum absolute atomic E-state index is 0.120. The molecular weight excluding hydrogens is 356 g/mol. The summed E-state index contributed by atoms with van der Waals surface area (Å²) < 4.78 is 30.6. The number of thiazole rings is 1. The van der Waals surface area contributed by atoms with Crippen molar-refractivity contribution in [1.29, 1.82) is 0 Å². The lowest BCUT2D eigenvalue weighted by Crippen LogP contribution is -2.14. The van der Waals surface area contributed by atoms with Crippen LogP contribution in [0.4, 0.5) is 24.6 Å². The van der Waals surface area contributed by atoms with Gasteiger partial charge in [0.1, 0.15) is 22.5 Å². The summed E-state index contributed by atoms with van der Waals surface area (Å²) in [6.45, 7) is 3.44. The zero-order chi connectivity index (χ0) is 17.3. The molecule has 0 bridgehead atoms. The summed E-state index contributed by atoms with van der Waals surface area (Å²) in [6.07, 6.45) is 0. The number of aryl methyl sites for hydroxylation is 2. The number of aromatic nitrogens is 3. The van der Waals surface area contributed by atoms with Crippen LogP contribution in [0.25, 0.3) is 0 Å². The molecule has 0 radical (unpaired) electrons. The number of amides is 1. The van der Waals surface area contributed by atoms with Gasteiger partial charge in [0.15, 0.2) is 5.69 Å². The van der Waals surface area contributed by atoms with Crippen LogP contribution in [0.1, 0.15) is 21.3 Å². The molecule has 0 spiro atoms. The quantitative estimate of drug-likeness (QED) is 0.731. The lowest BCUT2D eigenvalue weighted by molar-refractivity contribution is 0.102. The molecule has 24 heavy (non-hydrogen) atoms. The Morgan fingerprint density at radius 2 is 1.83 bits per heavy atom. The maximum absolute atomic E-state index is 13.3. The van der Waals surface area contributed by atoms with Crippen molar-refractivity contribution < 1.29 is 13.6 Å². The van der Waals surface area contributed by atoms with Crippen molar-refractivity contribution in [2.24, 2.45) is 0 Å². The van der Waals surface area contributed by atoms with Gasteiger partial charge in [-0.25, -0.2) is 18.7 Å². The number of carbonyl (C=O) groups is 1. The maximum Gasteiger partial charge on any atom is 0.279 e. The molecule has 0 saturated carbocycles. The molecule has 3 aromatic rings. The molecule has 0 aliphatic rings. The van der Waals surface area contributed by atoms with Crippen molar-refractivity contribution in [1.82, 2.24) is 14.3 Å². The number of nitrogens with one attached hydrogen (secondary N) is 2. The first-order chi connectivity index (χ1) is 11.4. The van der Waals surface area contributed by atoms with Gasteiger partial charge in [0.05, 0.1) is 5.01 Å². The number of hydrogen-bond donors (Lipinski definition) is 2. The summed E-state index contributed by atoms with van der Waals surface area (Å²) >= 11 is 2.26. The molecule has 0 unspecified atom stereocenters. The van der Waals surface area contributed by atoms with Gasteiger partial charge in [-0.15, -0.1) is 11.3 Å². The van der Waals surface area contributed by atoms with E-state index >= 15 is 0 Å². The van der Waals surface area contributed by atoms with E-state index in [0.717, 1.165) is 29.7 Å². The zero-order valence-corrected chi connectivity index (χ0v) is 14.2. The zero-order valence-electron chi connectivity index (χ0n) is 12.6. The van der Waals surface area contributed by atoms with Crippen LogP contribution in [0.15, 0.2) is 18.2 Å². The second-order valence-electron chi connectivity index (χ2n) is 4.79. The second kappa shape index (κ2) is 6.57. The van der Waals surface area contributed by atoms with E-state index in [1.165, 1.54) is 11.3 Å². The Kier molecular flexibility index (Phi) is 4.49. The molecule has 2 aromatic heterocycles. The number of benzene rings is 1. The van der Waals surface area contributed by atoms with Gasteiger partial charge in [0, 0.05) is 23.3 Å². The lowest BCUT2D eigenvalue weighted by Gasteiger charge is -2.06. The van der Waals surface area contributed by atoms with E-state index in [9.17, 15) is 13.6 Å². The SMILES string of the molecule is Cc1nsc(NC(=O)c2nc(C)sc2Nc2cc(F)cc(F)c2)n1. The summed E-state index contributed by atoms with van der Waals surface area (Å²) in [7, 11) is 0. The second-order valence-corrected chi connectivity index (χ2v) is 6.75. The van der Waals surface area contributed by atoms with Crippen molar-refractivity contribution in [2.45, 2.75) is 13.8 Å². The molecule has 124 valence electrons. The molecular formula is C14H11F2N5OS2. The summed E-state index contributed by atoms with van der Waals surface area (Å²) in [6, 6.07) is 3.04. The Morgan fingerprint density at radius 1 is 1.12 bits per heavy atom. The Bertz CT molecular complexity index is 888. The molecule has 0 fully saturated rings. The van der Waals surface area contributed by atoms with Crippen LogP contribution in [-0.4, -0.2) is 20.2 Å². The van der Waals surface area contributed by atoms with Gasteiger partial charge in [0.2, 0.25) is 5.13 Å². The molecule has 1 aromatic carbocycles. The van der Waals surface area contributed by atoms with Gasteiger partial charge in [-0.2, -0.15) is 4.37 Å². The van der Waals surface area contributed by atoms with Crippen molar-refractivity contribution >= 4 is 44.6 Å². The van der Waals surface area contributed by atoms with E-state index in [4.69, 9.17) is 0 Å². The molecule has 6 nitrogen and oxygen atoms in total. The Labute approximate surface area is 143 Å². The third kappa shape index (κ3) is 3.71. The number of carbonyl (C=O) groups excluding carboxylic acids is 1. The molecule has 3 rings (SSSR count). The van der Waals surface area contributed by atoms with Crippen LogP contribution >= 0.6 is 22.9 Å². The molecule has 1 amide bonds. The van der Waals surface area contributed by atoms with E-state index in [0.29, 0.717) is 21.0 Å². The van der Waals surface area contributed by atoms with E-state index in [2.05, 4.69) is 25.0 Å². The Balaban J connectivity index is 1.85. The van der Waals surface area contributed by atoms with Crippen LogP contribution in [0.3, 0.4) is 0 Å². The Hall–Kier alpha value is -2.46. The predicted octanol–water partition coefficient (Wildman–Crippen LogP) is 3.89. The standard InChI is InChI=1S/C14H11F2N5OS2/c1-6-17-14(24-21-6)20-12(22)11-13(23-7(2)18-11)19-10-4-8(15)3-9(16)5-10/h3-5,19H,1-2H3,(H,17,20,21,22). The maximum atomic E-state index is 13.3. The van der Waals surface area contributed by atoms with Crippen LogP contribution in [-0.2, 0) is 0 Å². The fourth-order valence-electron chi connectivity index (χ4n) is 1.93. The fourth-order valence-corrected chi connectivity index (χ4v) is 3.33. The normalized spacial score (nSPS) is 10.7. The monoisotopic (exact) mass is 367 g/mol. The van der Waals surface area contributed by atoms with Gasteiger partial charge >= 0.3 is 0 Å². The largest absolute Gasteiger partial charge is 0.345 e. The van der Waals surface area contributed by atoms with Crippen molar-refractivity contribution in [2.75, 3.05) is 10.6 Å². The molecule has 10 heteroatoms. The smallest absolute Gasteiger partial charge is 0.279 e. The summed E-state index contributed by atoms with van der Waals surface area (Å²) in [4.78, 5) is 20.6. The van der Waals surface area contributed by atoms with Gasteiger partial charge < -0.3 is 5.32 Å². The predicted molar refractivity (Wildman–Crippen MR) is 89.1 cm³/mol. The van der Waals surface area contributed by atoms with E-state index < -0.39 is 17.5 Å². The third-order valence-corrected chi connectivity index (χ3v) is 4.43. The topological polar surface area (TPSA) is 79.8 Å². The van der Waals surface area contributed by atoms with Crippen molar-refractivity contribution in [3.63, 3.8) is 0 Å². The van der Waals surface area contributed by atoms with E-state index in [-0.39, 0.29) is 11.4 Å². The van der Waals surface area contributed by atoms with Crippen LogP contribution in [0, 0.1) is 25.5 Å². The summed E-state index contributed by atoms with van der Waals surface area (Å²) in [5, 5.41) is 6.80. The highest BCUT2D eigenvalue weighted by Gasteiger charge is 2.19. The average Bonchev–Trinajstić information content (AvgIpc) is 3.03. The lowest BCUT2D eigenvalue weighted by atomic mass is 10.3. The molecule has 0 aliphatic heterocycles. The Morgan fingerprint density at radius 3 is 2.46 bits per heavy atom. The molecule has 0 saturated heterocycles. The van der Waals surface area contributed by atoms with Crippen LogP contribution in [0.2, 0.25) is 0 Å². The number of rotatable bonds is 4. The highest BCUT2D eigenvalue weighted by atomic mass is 32.1. The minimum Gasteiger partial charge on any atom is -0.345 e. The molecule has 2 N–H and O–H groups in total. The van der Waals surface area contributed by atoms with Crippen molar-refractivity contribution in [3.8, 4) is 0 Å². The number of hydrogen-bond acceptors (Lipinski definition) is 7. The van der Waals surface area contributed by atoms with Crippen LogP contribution < -0.4 is 10.6 Å². The van der Waals surface area contributed by atoms with Crippen molar-refractivity contribution in [3.05, 3.63) is 46.4 Å². The fraction of sp³-hybridized carbons (Fsp3) is 0.143. The average molecular weight is 367 g/mol. The highest BCUT2D eigenvalue weighted by molar-refractivity contribution is 7.16. The first kappa shape index (κ1) is 16.4.